The highest BCUT2D eigenvalue weighted by atomic mass is 16.5. The van der Waals surface area contributed by atoms with Gasteiger partial charge in [0.15, 0.2) is 11.5 Å². The first-order valence-electron chi connectivity index (χ1n) is 8.72. The molecule has 0 spiro atoms. The highest BCUT2D eigenvalue weighted by Gasteiger charge is 2.24. The minimum absolute atomic E-state index is 0.0608. The molecular weight excluding hydrogens is 362 g/mol. The fourth-order valence-corrected chi connectivity index (χ4v) is 2.90. The Morgan fingerprint density at radius 3 is 2.96 bits per heavy atom. The van der Waals surface area contributed by atoms with E-state index in [1.54, 1.807) is 24.5 Å². The molecule has 11 heteroatoms. The van der Waals surface area contributed by atoms with Gasteiger partial charge in [0, 0.05) is 24.9 Å². The van der Waals surface area contributed by atoms with E-state index in [4.69, 9.17) is 16.2 Å². The Labute approximate surface area is 159 Å². The standard InChI is InChI=1S/C17H19N9O2/c18-10-8-28-5-3-11(10)23-17-24-16(14(15(19)27)25-26-17)22-9-6-13-12(21-7-9)2-1-4-20-13/h1-2,4,6-7,10-11H,3,5,8,18H2,(H2,19,27)(H2,22,23,24,26)/t10-,11+/m0/s1. The van der Waals surface area contributed by atoms with Crippen LogP contribution in [0.2, 0.25) is 0 Å². The summed E-state index contributed by atoms with van der Waals surface area (Å²) in [6.07, 6.45) is 4.00. The van der Waals surface area contributed by atoms with E-state index < -0.39 is 5.91 Å². The van der Waals surface area contributed by atoms with Crippen molar-refractivity contribution in [1.29, 1.82) is 0 Å². The lowest BCUT2D eigenvalue weighted by Crippen LogP contribution is -2.48. The van der Waals surface area contributed by atoms with E-state index in [0.29, 0.717) is 30.8 Å². The number of pyridine rings is 2. The van der Waals surface area contributed by atoms with Crippen LogP contribution in [0, 0.1) is 0 Å². The molecule has 0 aliphatic carbocycles. The van der Waals surface area contributed by atoms with Crippen LogP contribution in [0.25, 0.3) is 11.0 Å². The van der Waals surface area contributed by atoms with Gasteiger partial charge in [-0.15, -0.1) is 10.2 Å². The van der Waals surface area contributed by atoms with Gasteiger partial charge in [-0.25, -0.2) is 0 Å². The Kier molecular flexibility index (Phi) is 4.91. The number of carbonyl (C=O) groups excluding carboxylic acids is 1. The first-order valence-corrected chi connectivity index (χ1v) is 8.72. The molecule has 0 saturated carbocycles. The summed E-state index contributed by atoms with van der Waals surface area (Å²) in [4.78, 5) is 24.7. The molecule has 3 aromatic heterocycles. The van der Waals surface area contributed by atoms with Crippen molar-refractivity contribution >= 4 is 34.4 Å². The molecule has 3 aromatic rings. The van der Waals surface area contributed by atoms with Crippen molar-refractivity contribution in [2.75, 3.05) is 23.8 Å². The van der Waals surface area contributed by atoms with Crippen molar-refractivity contribution in [3.05, 3.63) is 36.3 Å². The predicted octanol–water partition coefficient (Wildman–Crippen LogP) is 0.185. The first-order chi connectivity index (χ1) is 13.6. The molecule has 4 heterocycles. The summed E-state index contributed by atoms with van der Waals surface area (Å²) in [5.74, 6) is -0.340. The number of nitrogens with two attached hydrogens (primary N) is 2. The second-order valence-corrected chi connectivity index (χ2v) is 6.37. The zero-order chi connectivity index (χ0) is 19.5. The van der Waals surface area contributed by atoms with Gasteiger partial charge in [-0.3, -0.25) is 14.8 Å². The van der Waals surface area contributed by atoms with Crippen molar-refractivity contribution < 1.29 is 9.53 Å². The first kappa shape index (κ1) is 17.9. The molecule has 144 valence electrons. The van der Waals surface area contributed by atoms with Crippen LogP contribution in [0.15, 0.2) is 30.6 Å². The van der Waals surface area contributed by atoms with Crippen LogP contribution in [0.4, 0.5) is 17.5 Å². The van der Waals surface area contributed by atoms with Crippen LogP contribution in [0.5, 0.6) is 0 Å². The average Bonchev–Trinajstić information content (AvgIpc) is 2.70. The summed E-state index contributed by atoms with van der Waals surface area (Å²) >= 11 is 0. The van der Waals surface area contributed by atoms with Gasteiger partial charge >= 0.3 is 0 Å². The Morgan fingerprint density at radius 2 is 2.14 bits per heavy atom. The predicted molar refractivity (Wildman–Crippen MR) is 102 cm³/mol. The van der Waals surface area contributed by atoms with Crippen LogP contribution < -0.4 is 22.1 Å². The number of carbonyl (C=O) groups is 1. The van der Waals surface area contributed by atoms with E-state index in [9.17, 15) is 4.79 Å². The number of fused-ring (bicyclic) bond motifs is 1. The average molecular weight is 381 g/mol. The Morgan fingerprint density at radius 1 is 1.25 bits per heavy atom. The number of nitrogens with one attached hydrogen (secondary N) is 2. The molecule has 0 bridgehead atoms. The zero-order valence-corrected chi connectivity index (χ0v) is 14.9. The lowest BCUT2D eigenvalue weighted by atomic mass is 10.1. The van der Waals surface area contributed by atoms with E-state index in [1.165, 1.54) is 0 Å². The van der Waals surface area contributed by atoms with E-state index in [2.05, 4.69) is 35.8 Å². The highest BCUT2D eigenvalue weighted by Crippen LogP contribution is 2.21. The number of primary amides is 1. The largest absolute Gasteiger partial charge is 0.380 e. The molecule has 0 aromatic carbocycles. The smallest absolute Gasteiger partial charge is 0.273 e. The highest BCUT2D eigenvalue weighted by molar-refractivity contribution is 5.96. The molecule has 6 N–H and O–H groups in total. The van der Waals surface area contributed by atoms with E-state index in [-0.39, 0.29) is 29.5 Å². The van der Waals surface area contributed by atoms with E-state index in [1.807, 2.05) is 6.07 Å². The van der Waals surface area contributed by atoms with Gasteiger partial charge in [0.1, 0.15) is 0 Å². The molecule has 1 aliphatic rings. The number of hydrogen-bond acceptors (Lipinski definition) is 10. The number of amides is 1. The van der Waals surface area contributed by atoms with Crippen molar-refractivity contribution in [2.24, 2.45) is 11.5 Å². The lowest BCUT2D eigenvalue weighted by Gasteiger charge is -2.29. The third-order valence-electron chi connectivity index (χ3n) is 4.35. The second kappa shape index (κ2) is 7.66. The van der Waals surface area contributed by atoms with Crippen molar-refractivity contribution in [3.63, 3.8) is 0 Å². The Bertz CT molecular complexity index is 1010. The monoisotopic (exact) mass is 381 g/mol. The molecular formula is C17H19N9O2. The van der Waals surface area contributed by atoms with Gasteiger partial charge in [0.25, 0.3) is 5.91 Å². The molecule has 1 fully saturated rings. The minimum Gasteiger partial charge on any atom is -0.380 e. The van der Waals surface area contributed by atoms with Crippen molar-refractivity contribution in [3.8, 4) is 0 Å². The second-order valence-electron chi connectivity index (χ2n) is 6.37. The van der Waals surface area contributed by atoms with Crippen molar-refractivity contribution in [2.45, 2.75) is 18.5 Å². The molecule has 0 unspecified atom stereocenters. The third kappa shape index (κ3) is 3.80. The molecule has 2 atom stereocenters. The zero-order valence-electron chi connectivity index (χ0n) is 14.9. The molecule has 4 rings (SSSR count). The van der Waals surface area contributed by atoms with Gasteiger partial charge in [0.05, 0.1) is 29.5 Å². The summed E-state index contributed by atoms with van der Waals surface area (Å²) in [6.45, 7) is 1.05. The number of ether oxygens (including phenoxy) is 1. The maximum absolute atomic E-state index is 11.7. The summed E-state index contributed by atoms with van der Waals surface area (Å²) < 4.78 is 5.33. The van der Waals surface area contributed by atoms with E-state index in [0.717, 1.165) is 5.52 Å². The summed E-state index contributed by atoms with van der Waals surface area (Å²) in [5.41, 5.74) is 13.4. The quantitative estimate of drug-likeness (QED) is 0.479. The van der Waals surface area contributed by atoms with Crippen LogP contribution in [-0.2, 0) is 4.74 Å². The number of nitrogens with zero attached hydrogens (tertiary/aromatic N) is 5. The van der Waals surface area contributed by atoms with Gasteiger partial charge in [-0.05, 0) is 24.6 Å². The van der Waals surface area contributed by atoms with Crippen LogP contribution in [-0.4, -0.2) is 56.4 Å². The normalized spacial score (nSPS) is 19.3. The summed E-state index contributed by atoms with van der Waals surface area (Å²) in [7, 11) is 0. The molecule has 11 nitrogen and oxygen atoms in total. The Balaban J connectivity index is 1.62. The van der Waals surface area contributed by atoms with Gasteiger partial charge in [-0.2, -0.15) is 4.98 Å². The van der Waals surface area contributed by atoms with Gasteiger partial charge in [-0.1, -0.05) is 0 Å². The molecule has 1 saturated heterocycles. The SMILES string of the molecule is NC(=O)c1nnc(N[C@@H]2CCOC[C@@H]2N)nc1Nc1cnc2cccnc2c1. The fraction of sp³-hybridized carbons (Fsp3) is 0.294. The molecule has 1 amide bonds. The minimum atomic E-state index is -0.747. The Hall–Kier alpha value is -3.44. The molecule has 1 aliphatic heterocycles. The number of hydrogen-bond donors (Lipinski definition) is 4. The van der Waals surface area contributed by atoms with E-state index >= 15 is 0 Å². The summed E-state index contributed by atoms with van der Waals surface area (Å²) in [6, 6.07) is 5.19. The number of anilines is 3. The lowest BCUT2D eigenvalue weighted by molar-refractivity contribution is 0.0751. The van der Waals surface area contributed by atoms with Gasteiger partial charge in [0.2, 0.25) is 5.95 Å². The van der Waals surface area contributed by atoms with Crippen LogP contribution in [0.3, 0.4) is 0 Å². The summed E-state index contributed by atoms with van der Waals surface area (Å²) in [5, 5.41) is 14.0. The molecule has 0 radical (unpaired) electrons. The van der Waals surface area contributed by atoms with Gasteiger partial charge < -0.3 is 26.8 Å². The number of rotatable bonds is 5. The topological polar surface area (TPSA) is 167 Å². The number of aromatic nitrogens is 5. The van der Waals surface area contributed by atoms with Crippen LogP contribution >= 0.6 is 0 Å². The third-order valence-corrected chi connectivity index (χ3v) is 4.35. The fourth-order valence-electron chi connectivity index (χ4n) is 2.90. The maximum atomic E-state index is 11.7. The molecule has 28 heavy (non-hydrogen) atoms. The van der Waals surface area contributed by atoms with Crippen molar-refractivity contribution in [1.82, 2.24) is 25.1 Å². The maximum Gasteiger partial charge on any atom is 0.273 e. The van der Waals surface area contributed by atoms with Crippen LogP contribution in [0.1, 0.15) is 16.9 Å².